The summed E-state index contributed by atoms with van der Waals surface area (Å²) in [6.45, 7) is 4.41. The number of hydrogen-bond donors (Lipinski definition) is 1. The Morgan fingerprint density at radius 3 is 2.63 bits per heavy atom. The number of carbonyl (C=O) groups is 2. The molecule has 1 aliphatic heterocycles. The molecule has 0 atom stereocenters. The zero-order valence-electron chi connectivity index (χ0n) is 19.6. The molecule has 5 nitrogen and oxygen atoms in total. The summed E-state index contributed by atoms with van der Waals surface area (Å²) in [5, 5.41) is 2.89. The minimum Gasteiger partial charge on any atom is -0.484 e. The number of hydrogen-bond acceptors (Lipinski definition) is 5. The second-order valence-corrected chi connectivity index (χ2v) is 9.90. The summed E-state index contributed by atoms with van der Waals surface area (Å²) in [5.41, 5.74) is 4.89. The molecule has 35 heavy (non-hydrogen) atoms. The fraction of sp³-hybridized carbons (Fsp3) is 0.179. The lowest BCUT2D eigenvalue weighted by molar-refractivity contribution is -0.122. The molecule has 1 N–H and O–H groups in total. The lowest BCUT2D eigenvalue weighted by Crippen LogP contribution is -2.30. The lowest BCUT2D eigenvalue weighted by atomic mass is 10.1. The predicted molar refractivity (Wildman–Crippen MR) is 147 cm³/mol. The highest BCUT2D eigenvalue weighted by atomic mass is 32.2. The summed E-state index contributed by atoms with van der Waals surface area (Å²) in [6, 6.07) is 23.1. The molecular weight excluding hydrogens is 476 g/mol. The molecule has 1 heterocycles. The third kappa shape index (κ3) is 6.38. The number of ether oxygens (including phenoxy) is 1. The Morgan fingerprint density at radius 2 is 1.83 bits per heavy atom. The predicted octanol–water partition coefficient (Wildman–Crippen LogP) is 5.76. The normalized spacial score (nSPS) is 14.5. The lowest BCUT2D eigenvalue weighted by Gasteiger charge is -2.14. The van der Waals surface area contributed by atoms with Crippen molar-refractivity contribution >= 4 is 51.9 Å². The molecule has 1 aliphatic rings. The first-order valence-corrected chi connectivity index (χ1v) is 12.5. The molecule has 0 aliphatic carbocycles. The summed E-state index contributed by atoms with van der Waals surface area (Å²) in [4.78, 5) is 27.5. The molecule has 1 saturated heterocycles. The molecule has 3 aromatic carbocycles. The van der Waals surface area contributed by atoms with Crippen LogP contribution in [-0.4, -0.2) is 34.2 Å². The molecule has 178 valence electrons. The molecule has 0 unspecified atom stereocenters. The Balaban J connectivity index is 1.36. The maximum atomic E-state index is 12.9. The number of anilines is 1. The fourth-order valence-corrected chi connectivity index (χ4v) is 4.95. The second kappa shape index (κ2) is 11.3. The van der Waals surface area contributed by atoms with E-state index in [4.69, 9.17) is 17.0 Å². The molecule has 0 spiro atoms. The van der Waals surface area contributed by atoms with Crippen LogP contribution in [0.3, 0.4) is 0 Å². The van der Waals surface area contributed by atoms with Gasteiger partial charge in [0.05, 0.1) is 4.91 Å². The molecular formula is C28H26N2O3S2. The number of carbonyl (C=O) groups excluding carboxylic acids is 2. The number of aryl methyl sites for hydroxylation is 1. The Morgan fingerprint density at radius 1 is 1.06 bits per heavy atom. The molecule has 7 heteroatoms. The molecule has 0 aromatic heterocycles. The summed E-state index contributed by atoms with van der Waals surface area (Å²) < 4.78 is 6.27. The fourth-order valence-electron chi connectivity index (χ4n) is 3.65. The quantitative estimate of drug-likeness (QED) is 0.313. The largest absolute Gasteiger partial charge is 0.484 e. The zero-order valence-corrected chi connectivity index (χ0v) is 21.2. The SMILES string of the molecule is Cc1cccc(NC(=O)COc2cccc(/C=C3\SC(=S)N(CCc4ccccc4)C3=O)c2)c1C. The Bertz CT molecular complexity index is 1290. The van der Waals surface area contributed by atoms with Crippen molar-refractivity contribution < 1.29 is 14.3 Å². The molecule has 0 saturated carbocycles. The van der Waals surface area contributed by atoms with Crippen molar-refractivity contribution in [2.24, 2.45) is 0 Å². The maximum absolute atomic E-state index is 12.9. The van der Waals surface area contributed by atoms with Crippen molar-refractivity contribution in [1.82, 2.24) is 4.90 Å². The van der Waals surface area contributed by atoms with Gasteiger partial charge in [-0.3, -0.25) is 14.5 Å². The van der Waals surface area contributed by atoms with Crippen LogP contribution >= 0.6 is 24.0 Å². The number of amides is 2. The van der Waals surface area contributed by atoms with Crippen LogP contribution in [0.1, 0.15) is 22.3 Å². The van der Waals surface area contributed by atoms with Crippen LogP contribution < -0.4 is 10.1 Å². The van der Waals surface area contributed by atoms with E-state index in [1.807, 2.05) is 86.7 Å². The van der Waals surface area contributed by atoms with Gasteiger partial charge in [0.15, 0.2) is 6.61 Å². The van der Waals surface area contributed by atoms with Gasteiger partial charge in [0, 0.05) is 12.2 Å². The molecule has 1 fully saturated rings. The third-order valence-electron chi connectivity index (χ3n) is 5.75. The minimum atomic E-state index is -0.233. The van der Waals surface area contributed by atoms with Crippen molar-refractivity contribution in [2.45, 2.75) is 20.3 Å². The van der Waals surface area contributed by atoms with Crippen molar-refractivity contribution in [3.63, 3.8) is 0 Å². The van der Waals surface area contributed by atoms with E-state index in [9.17, 15) is 9.59 Å². The van der Waals surface area contributed by atoms with E-state index in [1.165, 1.54) is 11.8 Å². The van der Waals surface area contributed by atoms with Crippen LogP contribution in [0.4, 0.5) is 5.69 Å². The van der Waals surface area contributed by atoms with Gasteiger partial charge in [-0.05, 0) is 66.8 Å². The van der Waals surface area contributed by atoms with Crippen molar-refractivity contribution in [3.8, 4) is 5.75 Å². The second-order valence-electron chi connectivity index (χ2n) is 8.23. The standard InChI is InChI=1S/C28H26N2O3S2/c1-19-8-6-13-24(20(19)2)29-26(31)18-33-23-12-7-11-22(16-23)17-25-27(32)30(28(34)35-25)15-14-21-9-4-3-5-10-21/h3-13,16-17H,14-15,18H2,1-2H3,(H,29,31)/b25-17-. The highest BCUT2D eigenvalue weighted by Crippen LogP contribution is 2.33. The third-order valence-corrected chi connectivity index (χ3v) is 7.12. The average molecular weight is 503 g/mol. The highest BCUT2D eigenvalue weighted by molar-refractivity contribution is 8.26. The Hall–Kier alpha value is -3.42. The molecule has 3 aromatic rings. The average Bonchev–Trinajstić information content (AvgIpc) is 3.12. The van der Waals surface area contributed by atoms with E-state index in [2.05, 4.69) is 5.32 Å². The van der Waals surface area contributed by atoms with E-state index in [0.29, 0.717) is 21.5 Å². The van der Waals surface area contributed by atoms with E-state index in [-0.39, 0.29) is 18.4 Å². The zero-order chi connectivity index (χ0) is 24.8. The maximum Gasteiger partial charge on any atom is 0.266 e. The smallest absolute Gasteiger partial charge is 0.266 e. The minimum absolute atomic E-state index is 0.0878. The van der Waals surface area contributed by atoms with Gasteiger partial charge >= 0.3 is 0 Å². The van der Waals surface area contributed by atoms with Crippen LogP contribution in [0.15, 0.2) is 77.7 Å². The van der Waals surface area contributed by atoms with Gasteiger partial charge in [0.2, 0.25) is 0 Å². The van der Waals surface area contributed by atoms with Gasteiger partial charge in [-0.15, -0.1) is 0 Å². The number of nitrogens with one attached hydrogen (secondary N) is 1. The Kier molecular flexibility index (Phi) is 8.00. The van der Waals surface area contributed by atoms with Gasteiger partial charge in [-0.25, -0.2) is 0 Å². The van der Waals surface area contributed by atoms with E-state index in [1.54, 1.807) is 11.0 Å². The highest BCUT2D eigenvalue weighted by Gasteiger charge is 2.31. The van der Waals surface area contributed by atoms with Crippen LogP contribution in [0.2, 0.25) is 0 Å². The number of thioether (sulfide) groups is 1. The first kappa shape index (κ1) is 24.7. The van der Waals surface area contributed by atoms with Gasteiger partial charge in [-0.2, -0.15) is 0 Å². The van der Waals surface area contributed by atoms with E-state index >= 15 is 0 Å². The van der Waals surface area contributed by atoms with Gasteiger partial charge in [-0.1, -0.05) is 78.6 Å². The van der Waals surface area contributed by atoms with Crippen molar-refractivity contribution in [1.29, 1.82) is 0 Å². The van der Waals surface area contributed by atoms with E-state index in [0.717, 1.165) is 34.4 Å². The van der Waals surface area contributed by atoms with Crippen LogP contribution in [-0.2, 0) is 16.0 Å². The topological polar surface area (TPSA) is 58.6 Å². The molecule has 0 radical (unpaired) electrons. The molecule has 2 amide bonds. The monoisotopic (exact) mass is 502 g/mol. The summed E-state index contributed by atoms with van der Waals surface area (Å²) in [5.74, 6) is 0.230. The summed E-state index contributed by atoms with van der Waals surface area (Å²) in [6.07, 6.45) is 2.55. The number of rotatable bonds is 8. The van der Waals surface area contributed by atoms with Crippen LogP contribution in [0.25, 0.3) is 6.08 Å². The van der Waals surface area contributed by atoms with Crippen molar-refractivity contribution in [3.05, 3.63) is 100.0 Å². The van der Waals surface area contributed by atoms with Crippen LogP contribution in [0.5, 0.6) is 5.75 Å². The van der Waals surface area contributed by atoms with Gasteiger partial charge < -0.3 is 10.1 Å². The first-order chi connectivity index (χ1) is 16.9. The van der Waals surface area contributed by atoms with Gasteiger partial charge in [0.25, 0.3) is 11.8 Å². The first-order valence-electron chi connectivity index (χ1n) is 11.3. The number of thiocarbonyl (C=S) groups is 1. The number of benzene rings is 3. The molecule has 4 rings (SSSR count). The number of nitrogens with zero attached hydrogens (tertiary/aromatic N) is 1. The van der Waals surface area contributed by atoms with Gasteiger partial charge in [0.1, 0.15) is 10.1 Å². The molecule has 0 bridgehead atoms. The van der Waals surface area contributed by atoms with E-state index < -0.39 is 0 Å². The van der Waals surface area contributed by atoms with Crippen LogP contribution in [0, 0.1) is 13.8 Å². The van der Waals surface area contributed by atoms with Crippen molar-refractivity contribution in [2.75, 3.05) is 18.5 Å². The summed E-state index contributed by atoms with van der Waals surface area (Å²) in [7, 11) is 0. The summed E-state index contributed by atoms with van der Waals surface area (Å²) >= 11 is 6.75. The Labute approximate surface area is 215 Å².